The van der Waals surface area contributed by atoms with Crippen LogP contribution in [0.4, 0.5) is 0 Å². The molecular formula is C4H10NO5P. The second-order valence-electron chi connectivity index (χ2n) is 1.90. The van der Waals surface area contributed by atoms with Crippen molar-refractivity contribution in [2.75, 3.05) is 6.79 Å². The van der Waals surface area contributed by atoms with E-state index in [1.54, 1.807) is 0 Å². The summed E-state index contributed by atoms with van der Waals surface area (Å²) in [7, 11) is -4.06. The third kappa shape index (κ3) is 2.98. The normalized spacial score (nSPS) is 18.8. The molecule has 11 heavy (non-hydrogen) atoms. The van der Waals surface area contributed by atoms with E-state index in [4.69, 9.17) is 15.7 Å². The van der Waals surface area contributed by atoms with Gasteiger partial charge in [0.2, 0.25) is 5.91 Å². The molecule has 0 saturated carbocycles. The van der Waals surface area contributed by atoms with E-state index in [1.165, 1.54) is 0 Å². The molecule has 2 unspecified atom stereocenters. The van der Waals surface area contributed by atoms with E-state index < -0.39 is 26.0 Å². The van der Waals surface area contributed by atoms with E-state index in [0.29, 0.717) is 0 Å². The first kappa shape index (κ1) is 10.6. The topological polar surface area (TPSA) is 110 Å². The molecule has 66 valence electrons. The molecule has 0 rings (SSSR count). The van der Waals surface area contributed by atoms with Crippen molar-refractivity contribution < 1.29 is 23.9 Å². The van der Waals surface area contributed by atoms with E-state index in [1.807, 2.05) is 0 Å². The zero-order chi connectivity index (χ0) is 9.07. The SMILES string of the molecule is CC(C(N)=O)P(=O)(O)OCO. The van der Waals surface area contributed by atoms with Gasteiger partial charge < -0.3 is 15.7 Å². The fraction of sp³-hybridized carbons (Fsp3) is 0.750. The molecule has 0 aromatic rings. The largest absolute Gasteiger partial charge is 0.370 e. The number of carbonyl (C=O) groups is 1. The predicted octanol–water partition coefficient (Wildman–Crippen LogP) is -0.988. The van der Waals surface area contributed by atoms with Crippen molar-refractivity contribution in [1.82, 2.24) is 0 Å². The van der Waals surface area contributed by atoms with Crippen LogP contribution in [-0.4, -0.2) is 28.4 Å². The average molecular weight is 183 g/mol. The van der Waals surface area contributed by atoms with E-state index in [-0.39, 0.29) is 0 Å². The molecule has 0 bridgehead atoms. The monoisotopic (exact) mass is 183 g/mol. The molecule has 0 spiro atoms. The minimum atomic E-state index is -4.06. The second kappa shape index (κ2) is 3.82. The fourth-order valence-corrected chi connectivity index (χ4v) is 1.07. The Morgan fingerprint density at radius 3 is 2.55 bits per heavy atom. The van der Waals surface area contributed by atoms with Crippen molar-refractivity contribution >= 4 is 13.5 Å². The molecule has 4 N–H and O–H groups in total. The summed E-state index contributed by atoms with van der Waals surface area (Å²) < 4.78 is 14.8. The quantitative estimate of drug-likeness (QED) is 0.383. The highest BCUT2D eigenvalue weighted by Gasteiger charge is 2.32. The Balaban J connectivity index is 4.30. The maximum Gasteiger partial charge on any atom is 0.342 e. The molecule has 7 heteroatoms. The van der Waals surface area contributed by atoms with Crippen molar-refractivity contribution in [2.45, 2.75) is 12.6 Å². The van der Waals surface area contributed by atoms with Gasteiger partial charge in [-0.1, -0.05) is 0 Å². The first-order chi connectivity index (χ1) is 4.91. The van der Waals surface area contributed by atoms with Gasteiger partial charge in [-0.25, -0.2) is 0 Å². The standard InChI is InChI=1S/C4H10NO5P/c1-3(4(5)7)11(8,9)10-2-6/h3,6H,2H2,1H3,(H2,5,7)(H,8,9). The van der Waals surface area contributed by atoms with Gasteiger partial charge in [0.15, 0.2) is 6.79 Å². The first-order valence-electron chi connectivity index (χ1n) is 2.79. The second-order valence-corrected chi connectivity index (χ2v) is 4.06. The van der Waals surface area contributed by atoms with Crippen LogP contribution in [-0.2, 0) is 13.9 Å². The fourth-order valence-electron chi connectivity index (χ4n) is 0.355. The van der Waals surface area contributed by atoms with Crippen LogP contribution in [0.5, 0.6) is 0 Å². The van der Waals surface area contributed by atoms with Crippen LogP contribution in [0.2, 0.25) is 0 Å². The van der Waals surface area contributed by atoms with Gasteiger partial charge in [-0.15, -0.1) is 0 Å². The number of hydrogen-bond acceptors (Lipinski definition) is 4. The van der Waals surface area contributed by atoms with Crippen molar-refractivity contribution in [2.24, 2.45) is 5.73 Å². The minimum Gasteiger partial charge on any atom is -0.370 e. The summed E-state index contributed by atoms with van der Waals surface area (Å²) >= 11 is 0. The van der Waals surface area contributed by atoms with Crippen LogP contribution in [0.1, 0.15) is 6.92 Å². The van der Waals surface area contributed by atoms with Crippen molar-refractivity contribution in [3.05, 3.63) is 0 Å². The molecule has 0 saturated heterocycles. The Morgan fingerprint density at radius 2 is 2.27 bits per heavy atom. The summed E-state index contributed by atoms with van der Waals surface area (Å²) in [6, 6.07) is 0. The molecule has 0 aliphatic heterocycles. The lowest BCUT2D eigenvalue weighted by Gasteiger charge is -2.13. The van der Waals surface area contributed by atoms with Gasteiger partial charge in [0, 0.05) is 0 Å². The Kier molecular flexibility index (Phi) is 3.68. The average Bonchev–Trinajstić information content (AvgIpc) is 1.86. The molecule has 0 fully saturated rings. The zero-order valence-electron chi connectivity index (χ0n) is 5.93. The summed E-state index contributed by atoms with van der Waals surface area (Å²) in [4.78, 5) is 19.2. The Hall–Kier alpha value is -0.420. The number of hydrogen-bond donors (Lipinski definition) is 3. The van der Waals surface area contributed by atoms with E-state index >= 15 is 0 Å². The van der Waals surface area contributed by atoms with E-state index in [0.717, 1.165) is 6.92 Å². The van der Waals surface area contributed by atoms with Crippen LogP contribution in [0.3, 0.4) is 0 Å². The number of aliphatic hydroxyl groups is 1. The van der Waals surface area contributed by atoms with Gasteiger partial charge >= 0.3 is 7.60 Å². The van der Waals surface area contributed by atoms with Crippen molar-refractivity contribution in [1.29, 1.82) is 0 Å². The number of amides is 1. The highest BCUT2D eigenvalue weighted by Crippen LogP contribution is 2.46. The predicted molar refractivity (Wildman–Crippen MR) is 36.7 cm³/mol. The molecule has 0 aliphatic carbocycles. The number of rotatable bonds is 4. The van der Waals surface area contributed by atoms with Gasteiger partial charge in [0.05, 0.1) is 0 Å². The van der Waals surface area contributed by atoms with Crippen LogP contribution in [0.15, 0.2) is 0 Å². The summed E-state index contributed by atoms with van der Waals surface area (Å²) in [5.41, 5.74) is 3.42. The lowest BCUT2D eigenvalue weighted by molar-refractivity contribution is -0.117. The number of aliphatic hydroxyl groups excluding tert-OH is 1. The van der Waals surface area contributed by atoms with Crippen LogP contribution in [0, 0.1) is 0 Å². The maximum absolute atomic E-state index is 10.8. The van der Waals surface area contributed by atoms with E-state index in [9.17, 15) is 9.36 Å². The van der Waals surface area contributed by atoms with Gasteiger partial charge in [0.25, 0.3) is 0 Å². The molecule has 0 heterocycles. The summed E-state index contributed by atoms with van der Waals surface area (Å²) in [5.74, 6) is -0.940. The summed E-state index contributed by atoms with van der Waals surface area (Å²) in [6.07, 6.45) is 0. The smallest absolute Gasteiger partial charge is 0.342 e. The van der Waals surface area contributed by atoms with Crippen LogP contribution >= 0.6 is 7.60 Å². The Morgan fingerprint density at radius 1 is 1.82 bits per heavy atom. The highest BCUT2D eigenvalue weighted by atomic mass is 31.2. The van der Waals surface area contributed by atoms with Crippen molar-refractivity contribution in [3.8, 4) is 0 Å². The number of carbonyl (C=O) groups excluding carboxylic acids is 1. The molecule has 0 radical (unpaired) electrons. The van der Waals surface area contributed by atoms with Crippen LogP contribution in [0.25, 0.3) is 0 Å². The third-order valence-corrected chi connectivity index (χ3v) is 2.86. The van der Waals surface area contributed by atoms with Gasteiger partial charge in [-0.05, 0) is 6.92 Å². The lowest BCUT2D eigenvalue weighted by atomic mass is 10.5. The van der Waals surface area contributed by atoms with Crippen molar-refractivity contribution in [3.63, 3.8) is 0 Å². The molecule has 6 nitrogen and oxygen atoms in total. The molecule has 0 aliphatic rings. The molecule has 1 amide bonds. The minimum absolute atomic E-state index is 0.911. The Bertz CT molecular complexity index is 193. The summed E-state index contributed by atoms with van der Waals surface area (Å²) in [5, 5.41) is 8.13. The van der Waals surface area contributed by atoms with Crippen LogP contribution < -0.4 is 5.73 Å². The molecule has 2 atom stereocenters. The van der Waals surface area contributed by atoms with Gasteiger partial charge in [-0.2, -0.15) is 0 Å². The number of primary amides is 1. The van der Waals surface area contributed by atoms with E-state index in [2.05, 4.69) is 4.52 Å². The van der Waals surface area contributed by atoms with Gasteiger partial charge in [0.1, 0.15) is 5.66 Å². The molecule has 0 aromatic carbocycles. The molecular weight excluding hydrogens is 173 g/mol. The number of nitrogens with two attached hydrogens (primary N) is 1. The first-order valence-corrected chi connectivity index (χ1v) is 4.43. The third-order valence-electron chi connectivity index (χ3n) is 1.14. The zero-order valence-corrected chi connectivity index (χ0v) is 6.82. The summed E-state index contributed by atoms with van der Waals surface area (Å²) in [6.45, 7) is 0.240. The lowest BCUT2D eigenvalue weighted by Crippen LogP contribution is -2.26. The van der Waals surface area contributed by atoms with Gasteiger partial charge in [-0.3, -0.25) is 13.9 Å². The maximum atomic E-state index is 10.8. The Labute approximate surface area is 63.5 Å². The highest BCUT2D eigenvalue weighted by molar-refractivity contribution is 7.54. The molecule has 0 aromatic heterocycles.